The molecule has 0 aliphatic carbocycles. The number of aromatic nitrogens is 3. The summed E-state index contributed by atoms with van der Waals surface area (Å²) < 4.78 is 0.759. The van der Waals surface area contributed by atoms with E-state index in [4.69, 9.17) is 0 Å². The van der Waals surface area contributed by atoms with Crippen molar-refractivity contribution in [3.63, 3.8) is 0 Å². The molecule has 1 aromatic carbocycles. The molecular formula is C20H19N5O2S2. The lowest BCUT2D eigenvalue weighted by Crippen LogP contribution is -2.28. The van der Waals surface area contributed by atoms with Crippen LogP contribution in [0.5, 0.6) is 0 Å². The zero-order valence-electron chi connectivity index (χ0n) is 15.7. The van der Waals surface area contributed by atoms with Crippen molar-refractivity contribution in [2.75, 3.05) is 16.8 Å². The molecule has 1 atom stereocenters. The normalized spacial score (nSPS) is 16.2. The highest BCUT2D eigenvalue weighted by Crippen LogP contribution is 2.30. The van der Waals surface area contributed by atoms with Gasteiger partial charge in [-0.05, 0) is 31.2 Å². The third kappa shape index (κ3) is 4.80. The van der Waals surface area contributed by atoms with Gasteiger partial charge in [0.25, 0.3) is 0 Å². The Labute approximate surface area is 176 Å². The number of rotatable bonds is 6. The zero-order valence-corrected chi connectivity index (χ0v) is 17.4. The summed E-state index contributed by atoms with van der Waals surface area (Å²) in [4.78, 5) is 30.9. The number of nitrogens with zero attached hydrogens (tertiary/aromatic N) is 4. The molecule has 1 aliphatic rings. The Bertz CT molecular complexity index is 1010. The van der Waals surface area contributed by atoms with Gasteiger partial charge in [-0.25, -0.2) is 0 Å². The molecule has 29 heavy (non-hydrogen) atoms. The number of carbonyl (C=O) groups excluding carboxylic acids is 2. The van der Waals surface area contributed by atoms with Crippen LogP contribution in [0.3, 0.4) is 0 Å². The lowest BCUT2D eigenvalue weighted by Gasteiger charge is -2.16. The van der Waals surface area contributed by atoms with Gasteiger partial charge in [-0.3, -0.25) is 14.6 Å². The molecule has 0 radical (unpaired) electrons. The van der Waals surface area contributed by atoms with E-state index < -0.39 is 5.92 Å². The van der Waals surface area contributed by atoms with Crippen molar-refractivity contribution in [1.29, 1.82) is 0 Å². The Morgan fingerprint density at radius 1 is 1.24 bits per heavy atom. The lowest BCUT2D eigenvalue weighted by atomic mass is 10.1. The minimum absolute atomic E-state index is 0.0436. The summed E-state index contributed by atoms with van der Waals surface area (Å²) in [6.07, 6.45) is 1.95. The van der Waals surface area contributed by atoms with Crippen LogP contribution >= 0.6 is 23.1 Å². The molecule has 148 valence electrons. The number of aryl methyl sites for hydroxylation is 1. The van der Waals surface area contributed by atoms with Gasteiger partial charge in [-0.1, -0.05) is 46.9 Å². The third-order valence-electron chi connectivity index (χ3n) is 4.55. The SMILES string of the molecule is Cc1ccc(N2C[C@H](C(=O)Nc3nnc(SCc4ccccn4)s3)CC2=O)cc1. The van der Waals surface area contributed by atoms with Crippen molar-refractivity contribution in [1.82, 2.24) is 15.2 Å². The molecule has 3 aromatic rings. The minimum Gasteiger partial charge on any atom is -0.312 e. The Morgan fingerprint density at radius 3 is 2.83 bits per heavy atom. The molecular weight excluding hydrogens is 406 g/mol. The number of hydrogen-bond acceptors (Lipinski definition) is 7. The van der Waals surface area contributed by atoms with E-state index >= 15 is 0 Å². The first-order valence-electron chi connectivity index (χ1n) is 9.12. The van der Waals surface area contributed by atoms with Gasteiger partial charge in [0, 0.05) is 30.6 Å². The van der Waals surface area contributed by atoms with Crippen LogP contribution in [0.1, 0.15) is 17.7 Å². The Kier molecular flexibility index (Phi) is 5.86. The first-order valence-corrected chi connectivity index (χ1v) is 10.9. The molecule has 2 aromatic heterocycles. The van der Waals surface area contributed by atoms with Crippen LogP contribution in [0, 0.1) is 12.8 Å². The van der Waals surface area contributed by atoms with E-state index in [9.17, 15) is 9.59 Å². The largest absolute Gasteiger partial charge is 0.312 e. The van der Waals surface area contributed by atoms with Gasteiger partial charge in [0.2, 0.25) is 16.9 Å². The Morgan fingerprint density at radius 2 is 2.07 bits per heavy atom. The fourth-order valence-electron chi connectivity index (χ4n) is 3.00. The van der Waals surface area contributed by atoms with E-state index in [0.29, 0.717) is 17.4 Å². The molecule has 0 saturated carbocycles. The Balaban J connectivity index is 1.33. The molecule has 1 aliphatic heterocycles. The average molecular weight is 426 g/mol. The number of carbonyl (C=O) groups is 2. The number of amides is 2. The second-order valence-electron chi connectivity index (χ2n) is 6.71. The molecule has 7 nitrogen and oxygen atoms in total. The summed E-state index contributed by atoms with van der Waals surface area (Å²) in [5.41, 5.74) is 2.90. The van der Waals surface area contributed by atoms with Gasteiger partial charge in [0.1, 0.15) is 0 Å². The summed E-state index contributed by atoms with van der Waals surface area (Å²) >= 11 is 2.84. The number of nitrogens with one attached hydrogen (secondary N) is 1. The van der Waals surface area contributed by atoms with Crippen LogP contribution in [0.15, 0.2) is 53.0 Å². The van der Waals surface area contributed by atoms with E-state index in [1.54, 1.807) is 11.1 Å². The molecule has 3 heterocycles. The highest BCUT2D eigenvalue weighted by molar-refractivity contribution is 8.00. The highest BCUT2D eigenvalue weighted by atomic mass is 32.2. The number of thioether (sulfide) groups is 1. The van der Waals surface area contributed by atoms with Gasteiger partial charge in [0.15, 0.2) is 4.34 Å². The van der Waals surface area contributed by atoms with Crippen LogP contribution in [0.4, 0.5) is 10.8 Å². The zero-order chi connectivity index (χ0) is 20.2. The van der Waals surface area contributed by atoms with Crippen LogP contribution in [-0.4, -0.2) is 33.5 Å². The second-order valence-corrected chi connectivity index (χ2v) is 8.91. The smallest absolute Gasteiger partial charge is 0.231 e. The summed E-state index contributed by atoms with van der Waals surface area (Å²) in [6, 6.07) is 13.5. The predicted molar refractivity (Wildman–Crippen MR) is 114 cm³/mol. The average Bonchev–Trinajstić information content (AvgIpc) is 3.34. The summed E-state index contributed by atoms with van der Waals surface area (Å²) in [5, 5.41) is 11.4. The van der Waals surface area contributed by atoms with Crippen molar-refractivity contribution in [3.05, 3.63) is 59.9 Å². The van der Waals surface area contributed by atoms with Crippen molar-refractivity contribution in [2.24, 2.45) is 5.92 Å². The van der Waals surface area contributed by atoms with Gasteiger partial charge in [-0.2, -0.15) is 0 Å². The van der Waals surface area contributed by atoms with Gasteiger partial charge < -0.3 is 10.2 Å². The topological polar surface area (TPSA) is 88.1 Å². The quantitative estimate of drug-likeness (QED) is 0.480. The summed E-state index contributed by atoms with van der Waals surface area (Å²) in [5.74, 6) is 0.0343. The minimum atomic E-state index is -0.405. The molecule has 0 spiro atoms. The summed E-state index contributed by atoms with van der Waals surface area (Å²) in [6.45, 7) is 2.37. The van der Waals surface area contributed by atoms with E-state index in [0.717, 1.165) is 21.3 Å². The third-order valence-corrected chi connectivity index (χ3v) is 6.55. The van der Waals surface area contributed by atoms with Crippen LogP contribution in [-0.2, 0) is 15.3 Å². The molecule has 0 bridgehead atoms. The molecule has 1 N–H and O–H groups in total. The van der Waals surface area contributed by atoms with Gasteiger partial charge in [-0.15, -0.1) is 10.2 Å². The molecule has 1 saturated heterocycles. The maximum atomic E-state index is 12.6. The monoisotopic (exact) mass is 425 g/mol. The van der Waals surface area contributed by atoms with Gasteiger partial charge >= 0.3 is 0 Å². The standard InChI is InChI=1S/C20H19N5O2S2/c1-13-5-7-16(8-6-13)25-11-14(10-17(25)26)18(27)22-19-23-24-20(29-19)28-12-15-4-2-3-9-21-15/h2-9,14H,10-12H2,1H3,(H,22,23,27)/t14-/m1/s1. The molecule has 1 fully saturated rings. The van der Waals surface area contributed by atoms with Crippen molar-refractivity contribution in [2.45, 2.75) is 23.4 Å². The molecule has 2 amide bonds. The Hall–Kier alpha value is -2.78. The number of anilines is 2. The van der Waals surface area contributed by atoms with E-state index in [2.05, 4.69) is 20.5 Å². The van der Waals surface area contributed by atoms with E-state index in [1.165, 1.54) is 23.1 Å². The maximum Gasteiger partial charge on any atom is 0.231 e. The number of benzene rings is 1. The van der Waals surface area contributed by atoms with Crippen LogP contribution in [0.2, 0.25) is 0 Å². The number of pyridine rings is 1. The van der Waals surface area contributed by atoms with Crippen LogP contribution in [0.25, 0.3) is 0 Å². The predicted octanol–water partition coefficient (Wildman–Crippen LogP) is 3.53. The number of hydrogen-bond donors (Lipinski definition) is 1. The maximum absolute atomic E-state index is 12.6. The van der Waals surface area contributed by atoms with Gasteiger partial charge in [0.05, 0.1) is 11.6 Å². The van der Waals surface area contributed by atoms with E-state index in [1.807, 2.05) is 49.4 Å². The lowest BCUT2D eigenvalue weighted by molar-refractivity contribution is -0.122. The first kappa shape index (κ1) is 19.5. The van der Waals surface area contributed by atoms with Crippen molar-refractivity contribution >= 4 is 45.7 Å². The summed E-state index contributed by atoms with van der Waals surface area (Å²) in [7, 11) is 0. The fraction of sp³-hybridized carbons (Fsp3) is 0.250. The second kappa shape index (κ2) is 8.71. The van der Waals surface area contributed by atoms with Crippen molar-refractivity contribution in [3.8, 4) is 0 Å². The van der Waals surface area contributed by atoms with Crippen LogP contribution < -0.4 is 10.2 Å². The fourth-order valence-corrected chi connectivity index (χ4v) is 4.67. The molecule has 9 heteroatoms. The first-order chi connectivity index (χ1) is 14.1. The molecule has 0 unspecified atom stereocenters. The van der Waals surface area contributed by atoms with Crippen molar-refractivity contribution < 1.29 is 9.59 Å². The molecule has 4 rings (SSSR count). The van der Waals surface area contributed by atoms with E-state index in [-0.39, 0.29) is 18.2 Å². The highest BCUT2D eigenvalue weighted by Gasteiger charge is 2.35.